The van der Waals surface area contributed by atoms with Gasteiger partial charge < -0.3 is 16.8 Å². The van der Waals surface area contributed by atoms with Gasteiger partial charge in [0, 0.05) is 47.0 Å². The van der Waals surface area contributed by atoms with E-state index < -0.39 is 0 Å². The summed E-state index contributed by atoms with van der Waals surface area (Å²) in [6, 6.07) is 5.88. The first-order valence-electron chi connectivity index (χ1n) is 6.75. The summed E-state index contributed by atoms with van der Waals surface area (Å²) >= 11 is 0. The highest BCUT2D eigenvalue weighted by atomic mass is 16.1. The summed E-state index contributed by atoms with van der Waals surface area (Å²) < 4.78 is 0. The Morgan fingerprint density at radius 1 is 1.30 bits per heavy atom. The second-order valence-corrected chi connectivity index (χ2v) is 4.92. The minimum absolute atomic E-state index is 0.246. The number of anilines is 2. The number of hydrogen-bond acceptors (Lipinski definition) is 4. The Morgan fingerprint density at radius 3 is 2.85 bits per heavy atom. The first-order valence-corrected chi connectivity index (χ1v) is 6.75. The van der Waals surface area contributed by atoms with Crippen molar-refractivity contribution in [3.63, 3.8) is 0 Å². The molecule has 0 fully saturated rings. The Bertz CT molecular complexity index is 625. The van der Waals surface area contributed by atoms with Crippen molar-refractivity contribution in [2.45, 2.75) is 26.2 Å². The average molecular weight is 272 g/mol. The Hall–Kier alpha value is -2.30. The Balaban J connectivity index is 2.08. The lowest BCUT2D eigenvalue weighted by Crippen LogP contribution is -2.11. The number of fused-ring (bicyclic) bond motifs is 1. The highest BCUT2D eigenvalue weighted by molar-refractivity contribution is 6.00. The molecule has 1 amide bonds. The van der Waals surface area contributed by atoms with Crippen LogP contribution in [-0.4, -0.2) is 17.4 Å². The smallest absolute Gasteiger partial charge is 0.217 e. The van der Waals surface area contributed by atoms with Gasteiger partial charge in [-0.05, 0) is 38.0 Å². The fourth-order valence-corrected chi connectivity index (χ4v) is 2.17. The average Bonchev–Trinajstić information content (AvgIpc) is 2.40. The summed E-state index contributed by atoms with van der Waals surface area (Å²) in [7, 11) is 0. The Morgan fingerprint density at radius 2 is 2.10 bits per heavy atom. The molecule has 1 aromatic heterocycles. The van der Waals surface area contributed by atoms with Gasteiger partial charge in [0.25, 0.3) is 0 Å². The lowest BCUT2D eigenvalue weighted by atomic mass is 10.1. The summed E-state index contributed by atoms with van der Waals surface area (Å²) in [5, 5.41) is 5.41. The Kier molecular flexibility index (Phi) is 4.40. The van der Waals surface area contributed by atoms with E-state index in [-0.39, 0.29) is 5.91 Å². The molecule has 2 rings (SSSR count). The fourth-order valence-electron chi connectivity index (χ4n) is 2.17. The number of nitrogen functional groups attached to an aromatic ring is 1. The van der Waals surface area contributed by atoms with E-state index in [4.69, 9.17) is 11.5 Å². The molecule has 0 saturated carbocycles. The maximum absolute atomic E-state index is 10.7. The molecule has 0 atom stereocenters. The third kappa shape index (κ3) is 3.38. The van der Waals surface area contributed by atoms with E-state index in [0.29, 0.717) is 6.42 Å². The van der Waals surface area contributed by atoms with Gasteiger partial charge in [0.05, 0.1) is 0 Å². The van der Waals surface area contributed by atoms with Crippen LogP contribution in [0.15, 0.2) is 24.4 Å². The number of nitrogens with one attached hydrogen (secondary N) is 1. The van der Waals surface area contributed by atoms with Crippen LogP contribution in [0.2, 0.25) is 0 Å². The minimum Gasteiger partial charge on any atom is -0.398 e. The van der Waals surface area contributed by atoms with Crippen molar-refractivity contribution in [1.29, 1.82) is 0 Å². The van der Waals surface area contributed by atoms with E-state index in [1.807, 2.05) is 25.1 Å². The second kappa shape index (κ2) is 6.23. The minimum atomic E-state index is -0.246. The van der Waals surface area contributed by atoms with Gasteiger partial charge in [-0.25, -0.2) is 0 Å². The maximum Gasteiger partial charge on any atom is 0.217 e. The fraction of sp³-hybridized carbons (Fsp3) is 0.333. The highest BCUT2D eigenvalue weighted by Gasteiger charge is 2.05. The molecule has 0 aliphatic carbocycles. The zero-order chi connectivity index (χ0) is 14.5. The molecule has 0 aliphatic rings. The van der Waals surface area contributed by atoms with Crippen molar-refractivity contribution >= 4 is 28.1 Å². The van der Waals surface area contributed by atoms with Crippen LogP contribution >= 0.6 is 0 Å². The quantitative estimate of drug-likeness (QED) is 0.555. The number of carbonyl (C=O) groups excluding carboxylic acids is 1. The molecule has 5 nitrogen and oxygen atoms in total. The molecule has 5 N–H and O–H groups in total. The van der Waals surface area contributed by atoms with Crippen LogP contribution in [-0.2, 0) is 4.79 Å². The van der Waals surface area contributed by atoms with E-state index in [1.54, 1.807) is 6.20 Å². The molecule has 1 heterocycles. The van der Waals surface area contributed by atoms with Crippen LogP contribution in [0.3, 0.4) is 0 Å². The van der Waals surface area contributed by atoms with E-state index in [0.717, 1.165) is 47.2 Å². The molecular formula is C15H20N4O. The SMILES string of the molecule is Cc1cc2c(NCCCCC(N)=O)ccc(N)c2cn1. The summed E-state index contributed by atoms with van der Waals surface area (Å²) in [6.45, 7) is 2.76. The predicted molar refractivity (Wildman–Crippen MR) is 82.4 cm³/mol. The summed E-state index contributed by atoms with van der Waals surface area (Å²) in [5.74, 6) is -0.246. The first-order chi connectivity index (χ1) is 9.58. The molecule has 5 heteroatoms. The van der Waals surface area contributed by atoms with Crippen molar-refractivity contribution in [3.05, 3.63) is 30.1 Å². The van der Waals surface area contributed by atoms with Gasteiger partial charge in [-0.2, -0.15) is 0 Å². The van der Waals surface area contributed by atoms with Gasteiger partial charge >= 0.3 is 0 Å². The van der Waals surface area contributed by atoms with Gasteiger partial charge in [0.15, 0.2) is 0 Å². The zero-order valence-electron chi connectivity index (χ0n) is 11.6. The molecule has 0 aliphatic heterocycles. The monoisotopic (exact) mass is 272 g/mol. The number of rotatable bonds is 6. The summed E-state index contributed by atoms with van der Waals surface area (Å²) in [5.41, 5.74) is 13.8. The van der Waals surface area contributed by atoms with Crippen LogP contribution in [0.5, 0.6) is 0 Å². The van der Waals surface area contributed by atoms with Gasteiger partial charge in [0.1, 0.15) is 0 Å². The van der Waals surface area contributed by atoms with Crippen LogP contribution in [0.4, 0.5) is 11.4 Å². The molecule has 0 radical (unpaired) electrons. The second-order valence-electron chi connectivity index (χ2n) is 4.92. The standard InChI is InChI=1S/C15H20N4O/c1-10-8-11-12(9-19-10)13(16)5-6-14(11)18-7-3-2-4-15(17)20/h5-6,8-9,18H,2-4,7,16H2,1H3,(H2,17,20). The van der Waals surface area contributed by atoms with Gasteiger partial charge in [-0.15, -0.1) is 0 Å². The number of nitrogens with two attached hydrogens (primary N) is 2. The molecule has 20 heavy (non-hydrogen) atoms. The zero-order valence-corrected chi connectivity index (χ0v) is 11.6. The van der Waals surface area contributed by atoms with E-state index in [2.05, 4.69) is 10.3 Å². The maximum atomic E-state index is 10.7. The van der Waals surface area contributed by atoms with Crippen molar-refractivity contribution in [2.24, 2.45) is 5.73 Å². The predicted octanol–water partition coefficient (Wildman–Crippen LogP) is 2.19. The number of primary amides is 1. The number of aromatic nitrogens is 1. The van der Waals surface area contributed by atoms with E-state index >= 15 is 0 Å². The summed E-state index contributed by atoms with van der Waals surface area (Å²) in [6.07, 6.45) is 3.94. The lowest BCUT2D eigenvalue weighted by Gasteiger charge is -2.11. The molecule has 0 saturated heterocycles. The highest BCUT2D eigenvalue weighted by Crippen LogP contribution is 2.28. The molecule has 0 unspecified atom stereocenters. The molecule has 1 aromatic carbocycles. The molecule has 0 spiro atoms. The number of pyridine rings is 1. The number of unbranched alkanes of at least 4 members (excludes halogenated alkanes) is 1. The van der Waals surface area contributed by atoms with Crippen molar-refractivity contribution in [1.82, 2.24) is 4.98 Å². The number of hydrogen-bond donors (Lipinski definition) is 3. The van der Waals surface area contributed by atoms with E-state index in [1.165, 1.54) is 0 Å². The van der Waals surface area contributed by atoms with Crippen molar-refractivity contribution in [3.8, 4) is 0 Å². The lowest BCUT2D eigenvalue weighted by molar-refractivity contribution is -0.118. The van der Waals surface area contributed by atoms with Crippen LogP contribution in [0.1, 0.15) is 25.0 Å². The number of aryl methyl sites for hydroxylation is 1. The number of nitrogens with zero attached hydrogens (tertiary/aromatic N) is 1. The third-order valence-corrected chi connectivity index (χ3v) is 3.24. The number of amides is 1. The van der Waals surface area contributed by atoms with E-state index in [9.17, 15) is 4.79 Å². The largest absolute Gasteiger partial charge is 0.398 e. The number of carbonyl (C=O) groups is 1. The molecule has 2 aromatic rings. The normalized spacial score (nSPS) is 10.7. The third-order valence-electron chi connectivity index (χ3n) is 3.24. The topological polar surface area (TPSA) is 94.0 Å². The van der Waals surface area contributed by atoms with Crippen LogP contribution < -0.4 is 16.8 Å². The van der Waals surface area contributed by atoms with Gasteiger partial charge in [-0.1, -0.05) is 0 Å². The van der Waals surface area contributed by atoms with Crippen molar-refractivity contribution < 1.29 is 4.79 Å². The van der Waals surface area contributed by atoms with Crippen LogP contribution in [0.25, 0.3) is 10.8 Å². The van der Waals surface area contributed by atoms with Crippen LogP contribution in [0, 0.1) is 6.92 Å². The molecule has 0 bridgehead atoms. The molecular weight excluding hydrogens is 252 g/mol. The van der Waals surface area contributed by atoms with Gasteiger partial charge in [0.2, 0.25) is 5.91 Å². The molecule has 106 valence electrons. The Labute approximate surface area is 118 Å². The van der Waals surface area contributed by atoms with Gasteiger partial charge in [-0.3, -0.25) is 9.78 Å². The first kappa shape index (κ1) is 14.1. The number of benzene rings is 1. The van der Waals surface area contributed by atoms with Crippen molar-refractivity contribution in [2.75, 3.05) is 17.6 Å². The summed E-state index contributed by atoms with van der Waals surface area (Å²) in [4.78, 5) is 14.9.